The van der Waals surface area contributed by atoms with E-state index in [1.165, 1.54) is 23.3 Å². The van der Waals surface area contributed by atoms with Crippen LogP contribution in [0.1, 0.15) is 11.4 Å². The van der Waals surface area contributed by atoms with Gasteiger partial charge in [-0.3, -0.25) is 9.36 Å². The number of carbonyl (C=O) groups excluding carboxylic acids is 1. The fourth-order valence-corrected chi connectivity index (χ4v) is 3.41. The summed E-state index contributed by atoms with van der Waals surface area (Å²) >= 11 is 0. The van der Waals surface area contributed by atoms with Crippen LogP contribution in [0.25, 0.3) is 16.6 Å². The molecule has 9 heteroatoms. The van der Waals surface area contributed by atoms with Crippen LogP contribution < -0.4 is 20.5 Å². The Morgan fingerprint density at radius 2 is 1.80 bits per heavy atom. The highest BCUT2D eigenvalue weighted by atomic mass is 16.5. The monoisotopic (exact) mass is 407 g/mol. The largest absolute Gasteiger partial charge is 0.493 e. The van der Waals surface area contributed by atoms with Crippen molar-refractivity contribution in [2.24, 2.45) is 0 Å². The minimum atomic E-state index is -0.467. The molecule has 1 N–H and O–H groups in total. The first-order valence-corrected chi connectivity index (χ1v) is 9.30. The van der Waals surface area contributed by atoms with Gasteiger partial charge in [-0.1, -0.05) is 18.2 Å². The summed E-state index contributed by atoms with van der Waals surface area (Å²) in [6.45, 7) is 3.40. The standard InChI is InChI=1S/C21H21N5O4/c1-12-7-5-6-8-15(12)23-19(27)11-25-16-10-18(30-4)17(29-3)9-14(16)20-22-13(2)24-26(20)21(25)28/h5-10H,11H2,1-4H3,(H,23,27). The highest BCUT2D eigenvalue weighted by Gasteiger charge is 2.19. The zero-order chi connectivity index (χ0) is 21.4. The van der Waals surface area contributed by atoms with Gasteiger partial charge in [-0.15, -0.1) is 5.10 Å². The molecule has 4 rings (SSSR count). The molecule has 9 nitrogen and oxygen atoms in total. The second-order valence-electron chi connectivity index (χ2n) is 6.85. The fourth-order valence-electron chi connectivity index (χ4n) is 3.41. The smallest absolute Gasteiger partial charge is 0.351 e. The van der Waals surface area contributed by atoms with Crippen molar-refractivity contribution in [2.75, 3.05) is 19.5 Å². The van der Waals surface area contributed by atoms with Gasteiger partial charge >= 0.3 is 5.69 Å². The Hall–Kier alpha value is -3.88. The maximum atomic E-state index is 13.1. The number of methoxy groups -OCH3 is 2. The summed E-state index contributed by atoms with van der Waals surface area (Å²) in [5.41, 5.74) is 2.04. The van der Waals surface area contributed by atoms with Crippen LogP contribution in [0, 0.1) is 13.8 Å². The average molecular weight is 407 g/mol. The number of hydrogen-bond acceptors (Lipinski definition) is 6. The summed E-state index contributed by atoms with van der Waals surface area (Å²) in [5.74, 6) is 1.05. The van der Waals surface area contributed by atoms with Crippen LogP contribution in [0.5, 0.6) is 11.5 Å². The van der Waals surface area contributed by atoms with Crippen LogP contribution in [0.4, 0.5) is 5.69 Å². The molecule has 4 aromatic rings. The Labute approximate surface area is 171 Å². The molecule has 0 radical (unpaired) electrons. The van der Waals surface area contributed by atoms with Gasteiger partial charge in [0.15, 0.2) is 17.1 Å². The van der Waals surface area contributed by atoms with Crippen molar-refractivity contribution in [3.63, 3.8) is 0 Å². The molecule has 154 valence electrons. The lowest BCUT2D eigenvalue weighted by atomic mass is 10.2. The first-order chi connectivity index (χ1) is 14.4. The van der Waals surface area contributed by atoms with E-state index >= 15 is 0 Å². The average Bonchev–Trinajstić information content (AvgIpc) is 3.13. The van der Waals surface area contributed by atoms with E-state index in [0.717, 1.165) is 5.56 Å². The van der Waals surface area contributed by atoms with E-state index in [2.05, 4.69) is 15.4 Å². The molecule has 30 heavy (non-hydrogen) atoms. The molecule has 2 aromatic carbocycles. The number of benzene rings is 2. The number of nitrogens with zero attached hydrogens (tertiary/aromatic N) is 4. The first kappa shape index (κ1) is 19.4. The van der Waals surface area contributed by atoms with E-state index < -0.39 is 5.69 Å². The summed E-state index contributed by atoms with van der Waals surface area (Å²) in [6.07, 6.45) is 0. The molecule has 0 spiro atoms. The minimum absolute atomic E-state index is 0.200. The van der Waals surface area contributed by atoms with Gasteiger partial charge < -0.3 is 14.8 Å². The molecule has 0 aliphatic carbocycles. The Morgan fingerprint density at radius 1 is 1.10 bits per heavy atom. The molecule has 0 aliphatic heterocycles. The molecule has 0 aliphatic rings. The highest BCUT2D eigenvalue weighted by Crippen LogP contribution is 2.33. The van der Waals surface area contributed by atoms with Gasteiger partial charge in [-0.2, -0.15) is 4.52 Å². The van der Waals surface area contributed by atoms with E-state index in [0.29, 0.717) is 39.6 Å². The van der Waals surface area contributed by atoms with Crippen molar-refractivity contribution in [3.05, 3.63) is 58.3 Å². The van der Waals surface area contributed by atoms with Gasteiger partial charge in [0.2, 0.25) is 5.91 Å². The summed E-state index contributed by atoms with van der Waals surface area (Å²) in [4.78, 5) is 30.3. The summed E-state index contributed by atoms with van der Waals surface area (Å²) < 4.78 is 13.3. The normalized spacial score (nSPS) is 11.1. The van der Waals surface area contributed by atoms with Gasteiger partial charge in [0.1, 0.15) is 12.4 Å². The van der Waals surface area contributed by atoms with Gasteiger partial charge in [0.05, 0.1) is 19.7 Å². The molecule has 1 amide bonds. The SMILES string of the molecule is COc1cc2c(cc1OC)n(CC(=O)Nc1ccccc1C)c(=O)n1nc(C)nc21. The molecule has 0 unspecified atom stereocenters. The maximum Gasteiger partial charge on any atom is 0.351 e. The van der Waals surface area contributed by atoms with Crippen molar-refractivity contribution in [1.29, 1.82) is 0 Å². The van der Waals surface area contributed by atoms with Gasteiger partial charge in [0, 0.05) is 17.1 Å². The van der Waals surface area contributed by atoms with Crippen molar-refractivity contribution < 1.29 is 14.3 Å². The highest BCUT2D eigenvalue weighted by molar-refractivity contribution is 5.96. The van der Waals surface area contributed by atoms with Crippen LogP contribution in [-0.2, 0) is 11.3 Å². The lowest BCUT2D eigenvalue weighted by Gasteiger charge is -2.15. The third kappa shape index (κ3) is 3.24. The van der Waals surface area contributed by atoms with Crippen LogP contribution in [0.2, 0.25) is 0 Å². The predicted octanol–water partition coefficient (Wildman–Crippen LogP) is 2.32. The number of aromatic nitrogens is 4. The first-order valence-electron chi connectivity index (χ1n) is 9.30. The number of nitrogens with one attached hydrogen (secondary N) is 1. The second-order valence-corrected chi connectivity index (χ2v) is 6.85. The molecule has 0 bridgehead atoms. The molecular weight excluding hydrogens is 386 g/mol. The molecule has 0 saturated carbocycles. The van der Waals surface area contributed by atoms with Crippen LogP contribution in [-0.4, -0.2) is 39.3 Å². The van der Waals surface area contributed by atoms with Gasteiger partial charge in [-0.05, 0) is 31.5 Å². The van der Waals surface area contributed by atoms with Crippen molar-refractivity contribution >= 4 is 28.1 Å². The van der Waals surface area contributed by atoms with Crippen LogP contribution in [0.3, 0.4) is 0 Å². The van der Waals surface area contributed by atoms with Crippen LogP contribution in [0.15, 0.2) is 41.2 Å². The van der Waals surface area contributed by atoms with Crippen molar-refractivity contribution in [2.45, 2.75) is 20.4 Å². The lowest BCUT2D eigenvalue weighted by Crippen LogP contribution is -2.32. The number of para-hydroxylation sites is 1. The molecule has 0 fully saturated rings. The second kappa shape index (κ2) is 7.51. The number of rotatable bonds is 5. The summed E-state index contributed by atoms with van der Waals surface area (Å²) in [5, 5.41) is 7.67. The number of anilines is 1. The zero-order valence-electron chi connectivity index (χ0n) is 17.1. The Bertz CT molecular complexity index is 1340. The molecule has 2 heterocycles. The Balaban J connectivity index is 1.89. The number of hydrogen-bond donors (Lipinski definition) is 1. The lowest BCUT2D eigenvalue weighted by molar-refractivity contribution is -0.116. The third-order valence-electron chi connectivity index (χ3n) is 4.88. The predicted molar refractivity (Wildman–Crippen MR) is 112 cm³/mol. The van der Waals surface area contributed by atoms with E-state index in [4.69, 9.17) is 9.47 Å². The molecular formula is C21H21N5O4. The van der Waals surface area contributed by atoms with Crippen molar-refractivity contribution in [3.8, 4) is 11.5 Å². The number of aryl methyl sites for hydroxylation is 2. The van der Waals surface area contributed by atoms with Gasteiger partial charge in [-0.25, -0.2) is 9.78 Å². The van der Waals surface area contributed by atoms with E-state index in [9.17, 15) is 9.59 Å². The number of fused-ring (bicyclic) bond motifs is 3. The molecule has 0 atom stereocenters. The van der Waals surface area contributed by atoms with Crippen molar-refractivity contribution in [1.82, 2.24) is 19.2 Å². The molecule has 2 aromatic heterocycles. The molecule has 0 saturated heterocycles. The Kier molecular flexibility index (Phi) is 4.86. The topological polar surface area (TPSA) is 99.8 Å². The van der Waals surface area contributed by atoms with Gasteiger partial charge in [0.25, 0.3) is 0 Å². The fraction of sp³-hybridized carbons (Fsp3) is 0.238. The van der Waals surface area contributed by atoms with E-state index in [1.807, 2.05) is 31.2 Å². The third-order valence-corrected chi connectivity index (χ3v) is 4.88. The minimum Gasteiger partial charge on any atom is -0.493 e. The van der Waals surface area contributed by atoms with E-state index in [-0.39, 0.29) is 12.5 Å². The maximum absolute atomic E-state index is 13.1. The zero-order valence-corrected chi connectivity index (χ0v) is 17.1. The summed E-state index contributed by atoms with van der Waals surface area (Å²) in [7, 11) is 3.04. The summed E-state index contributed by atoms with van der Waals surface area (Å²) in [6, 6.07) is 10.8. The Morgan fingerprint density at radius 3 is 2.50 bits per heavy atom. The van der Waals surface area contributed by atoms with Crippen LogP contribution >= 0.6 is 0 Å². The number of ether oxygens (including phenoxy) is 2. The van der Waals surface area contributed by atoms with E-state index in [1.54, 1.807) is 19.1 Å². The number of carbonyl (C=O) groups is 1. The number of amides is 1. The quantitative estimate of drug-likeness (QED) is 0.545.